The molecule has 0 saturated carbocycles. The number of hydrogen-bond acceptors (Lipinski definition) is 3. The first-order valence-corrected chi connectivity index (χ1v) is 7.15. The molecule has 4 heteroatoms. The lowest BCUT2D eigenvalue weighted by molar-refractivity contribution is 0.0452. The molecule has 0 bridgehead atoms. The molecule has 0 spiro atoms. The topological polar surface area (TPSA) is 40.5 Å². The van der Waals surface area contributed by atoms with Gasteiger partial charge in [0.05, 0.1) is 5.56 Å². The molecular weight excluding hydrogens is 278 g/mol. The summed E-state index contributed by atoms with van der Waals surface area (Å²) in [7, 11) is 1.91. The zero-order valence-electron chi connectivity index (χ0n) is 12.4. The van der Waals surface area contributed by atoms with Crippen LogP contribution >= 0.6 is 0 Å². The fourth-order valence-electron chi connectivity index (χ4n) is 2.39. The van der Waals surface area contributed by atoms with E-state index in [1.165, 1.54) is 0 Å². The Bertz CT molecular complexity index is 777. The van der Waals surface area contributed by atoms with Crippen LogP contribution in [0.3, 0.4) is 0 Å². The van der Waals surface area contributed by atoms with E-state index in [2.05, 4.69) is 0 Å². The van der Waals surface area contributed by atoms with Crippen LogP contribution in [0.5, 0.6) is 5.75 Å². The number of benzene rings is 2. The number of aromatic nitrogens is 1. The summed E-state index contributed by atoms with van der Waals surface area (Å²) in [4.78, 5) is 12.2. The molecule has 3 rings (SSSR count). The van der Waals surface area contributed by atoms with E-state index >= 15 is 0 Å². The molecular formula is C18H17NO3. The van der Waals surface area contributed by atoms with Gasteiger partial charge in [-0.3, -0.25) is 0 Å². The third-order valence-corrected chi connectivity index (χ3v) is 3.45. The molecule has 0 atom stereocenters. The van der Waals surface area contributed by atoms with Gasteiger partial charge in [-0.15, -0.1) is 0 Å². The summed E-state index contributed by atoms with van der Waals surface area (Å²) < 4.78 is 12.7. The highest BCUT2D eigenvalue weighted by Crippen LogP contribution is 2.20. The smallest absolute Gasteiger partial charge is 0.340 e. The van der Waals surface area contributed by atoms with E-state index in [0.717, 1.165) is 16.7 Å². The van der Waals surface area contributed by atoms with E-state index in [1.807, 2.05) is 66.2 Å². The van der Waals surface area contributed by atoms with Crippen LogP contribution < -0.4 is 4.74 Å². The number of nitrogens with zero attached hydrogens (tertiary/aromatic N) is 1. The molecule has 22 heavy (non-hydrogen) atoms. The zero-order valence-corrected chi connectivity index (χ0v) is 12.4. The Morgan fingerprint density at radius 1 is 1.00 bits per heavy atom. The first-order chi connectivity index (χ1) is 10.8. The predicted molar refractivity (Wildman–Crippen MR) is 85.1 cm³/mol. The molecule has 0 saturated heterocycles. The van der Waals surface area contributed by atoms with Crippen LogP contribution in [0.2, 0.25) is 0 Å². The lowest BCUT2D eigenvalue weighted by Crippen LogP contribution is -2.12. The van der Waals surface area contributed by atoms with Crippen molar-refractivity contribution in [3.8, 4) is 5.75 Å². The van der Waals surface area contributed by atoms with Gasteiger partial charge in [0, 0.05) is 24.1 Å². The molecule has 0 aliphatic rings. The molecule has 112 valence electrons. The third kappa shape index (κ3) is 2.96. The number of rotatable bonds is 5. The quantitative estimate of drug-likeness (QED) is 0.535. The van der Waals surface area contributed by atoms with Gasteiger partial charge < -0.3 is 14.0 Å². The highest BCUT2D eigenvalue weighted by molar-refractivity contribution is 6.04. The maximum absolute atomic E-state index is 12.2. The molecule has 2 aromatic carbocycles. The third-order valence-electron chi connectivity index (χ3n) is 3.45. The molecule has 1 heterocycles. The number of carbonyl (C=O) groups excluding carboxylic acids is 1. The molecule has 0 aliphatic heterocycles. The summed E-state index contributed by atoms with van der Waals surface area (Å²) in [6, 6.07) is 17.2. The van der Waals surface area contributed by atoms with E-state index < -0.39 is 0 Å². The van der Waals surface area contributed by atoms with Crippen molar-refractivity contribution in [3.05, 3.63) is 66.4 Å². The van der Waals surface area contributed by atoms with Gasteiger partial charge in [0.25, 0.3) is 0 Å². The second-order valence-electron chi connectivity index (χ2n) is 4.97. The molecule has 4 nitrogen and oxygen atoms in total. The minimum atomic E-state index is -0.325. The fraction of sp³-hybridized carbons (Fsp3) is 0.167. The Kier molecular flexibility index (Phi) is 4.10. The summed E-state index contributed by atoms with van der Waals surface area (Å²) in [6.45, 7) is 0.553. The van der Waals surface area contributed by atoms with Crippen molar-refractivity contribution >= 4 is 16.9 Å². The number of esters is 1. The molecule has 0 amide bonds. The second kappa shape index (κ2) is 6.35. The van der Waals surface area contributed by atoms with E-state index in [9.17, 15) is 4.79 Å². The molecule has 0 N–H and O–H groups in total. The van der Waals surface area contributed by atoms with Gasteiger partial charge in [-0.1, -0.05) is 36.4 Å². The van der Waals surface area contributed by atoms with Gasteiger partial charge in [-0.2, -0.15) is 0 Å². The average molecular weight is 295 g/mol. The van der Waals surface area contributed by atoms with Gasteiger partial charge in [-0.25, -0.2) is 4.79 Å². The first-order valence-electron chi connectivity index (χ1n) is 7.15. The number of aryl methyl sites for hydroxylation is 1. The van der Waals surface area contributed by atoms with E-state index in [0.29, 0.717) is 12.2 Å². The molecule has 1 aromatic heterocycles. The molecule has 0 radical (unpaired) electrons. The number of ether oxygens (including phenoxy) is 2. The second-order valence-corrected chi connectivity index (χ2v) is 4.97. The van der Waals surface area contributed by atoms with Crippen LogP contribution in [-0.2, 0) is 11.8 Å². The lowest BCUT2D eigenvalue weighted by Gasteiger charge is -2.06. The fourth-order valence-corrected chi connectivity index (χ4v) is 2.39. The molecule has 0 aliphatic carbocycles. The van der Waals surface area contributed by atoms with Gasteiger partial charge in [0.15, 0.2) is 0 Å². The van der Waals surface area contributed by atoms with Crippen LogP contribution in [0.15, 0.2) is 60.8 Å². The van der Waals surface area contributed by atoms with Crippen molar-refractivity contribution in [2.45, 2.75) is 0 Å². The maximum atomic E-state index is 12.2. The first kappa shape index (κ1) is 14.2. The van der Waals surface area contributed by atoms with E-state index in [1.54, 1.807) is 6.20 Å². The van der Waals surface area contributed by atoms with Gasteiger partial charge in [0.2, 0.25) is 0 Å². The summed E-state index contributed by atoms with van der Waals surface area (Å²) in [6.07, 6.45) is 1.80. The van der Waals surface area contributed by atoms with E-state index in [-0.39, 0.29) is 12.6 Å². The Morgan fingerprint density at radius 2 is 1.73 bits per heavy atom. The minimum absolute atomic E-state index is 0.219. The number of carbonyl (C=O) groups is 1. The average Bonchev–Trinajstić information content (AvgIpc) is 2.90. The molecule has 0 unspecified atom stereocenters. The lowest BCUT2D eigenvalue weighted by atomic mass is 10.2. The van der Waals surface area contributed by atoms with Gasteiger partial charge in [0.1, 0.15) is 19.0 Å². The predicted octanol–water partition coefficient (Wildman–Crippen LogP) is 3.41. The van der Waals surface area contributed by atoms with Crippen molar-refractivity contribution in [3.63, 3.8) is 0 Å². The number of para-hydroxylation sites is 2. The van der Waals surface area contributed by atoms with Crippen LogP contribution in [-0.4, -0.2) is 23.8 Å². The van der Waals surface area contributed by atoms with Crippen LogP contribution in [0, 0.1) is 0 Å². The van der Waals surface area contributed by atoms with Crippen molar-refractivity contribution in [1.29, 1.82) is 0 Å². The largest absolute Gasteiger partial charge is 0.490 e. The molecule has 3 aromatic rings. The van der Waals surface area contributed by atoms with Crippen molar-refractivity contribution in [2.75, 3.05) is 13.2 Å². The maximum Gasteiger partial charge on any atom is 0.340 e. The standard InChI is InChI=1S/C18H17NO3/c1-19-13-16(15-9-5-6-10-17(15)19)18(20)22-12-11-21-14-7-3-2-4-8-14/h2-10,13H,11-12H2,1H3. The summed E-state index contributed by atoms with van der Waals surface area (Å²) in [5, 5.41) is 0.902. The monoisotopic (exact) mass is 295 g/mol. The Morgan fingerprint density at radius 3 is 2.55 bits per heavy atom. The Labute approximate surface area is 128 Å². The van der Waals surface area contributed by atoms with Crippen LogP contribution in [0.25, 0.3) is 10.9 Å². The van der Waals surface area contributed by atoms with E-state index in [4.69, 9.17) is 9.47 Å². The van der Waals surface area contributed by atoms with Crippen LogP contribution in [0.1, 0.15) is 10.4 Å². The van der Waals surface area contributed by atoms with Crippen molar-refractivity contribution < 1.29 is 14.3 Å². The summed E-state index contributed by atoms with van der Waals surface area (Å²) in [5.41, 5.74) is 1.59. The number of hydrogen-bond donors (Lipinski definition) is 0. The Hall–Kier alpha value is -2.75. The van der Waals surface area contributed by atoms with Crippen molar-refractivity contribution in [2.24, 2.45) is 7.05 Å². The summed E-state index contributed by atoms with van der Waals surface area (Å²) >= 11 is 0. The van der Waals surface area contributed by atoms with Gasteiger partial charge in [-0.05, 0) is 18.2 Å². The number of fused-ring (bicyclic) bond motifs is 1. The molecule has 0 fully saturated rings. The minimum Gasteiger partial charge on any atom is -0.490 e. The highest BCUT2D eigenvalue weighted by atomic mass is 16.6. The highest BCUT2D eigenvalue weighted by Gasteiger charge is 2.14. The SMILES string of the molecule is Cn1cc(C(=O)OCCOc2ccccc2)c2ccccc21. The normalized spacial score (nSPS) is 10.6. The van der Waals surface area contributed by atoms with Gasteiger partial charge >= 0.3 is 5.97 Å². The summed E-state index contributed by atoms with van der Waals surface area (Å²) in [5.74, 6) is 0.442. The Balaban J connectivity index is 1.60. The van der Waals surface area contributed by atoms with Crippen LogP contribution in [0.4, 0.5) is 0 Å². The zero-order chi connectivity index (χ0) is 15.4. The van der Waals surface area contributed by atoms with Crippen molar-refractivity contribution in [1.82, 2.24) is 4.57 Å².